The lowest BCUT2D eigenvalue weighted by Gasteiger charge is -2.16. The largest absolute Gasteiger partial charge is 0.399 e. The summed E-state index contributed by atoms with van der Waals surface area (Å²) in [6.45, 7) is 6.44. The molecule has 0 atom stereocenters. The number of nitrogens with two attached hydrogens (primary N) is 1. The molecule has 3 rings (SSSR count). The van der Waals surface area contributed by atoms with Crippen molar-refractivity contribution < 1.29 is 0 Å². The van der Waals surface area contributed by atoms with Gasteiger partial charge in [0.2, 0.25) is 0 Å². The van der Waals surface area contributed by atoms with Crippen molar-refractivity contribution in [2.45, 2.75) is 6.92 Å². The second kappa shape index (κ2) is 6.63. The minimum Gasteiger partial charge on any atom is -0.399 e. The highest BCUT2D eigenvalue weighted by molar-refractivity contribution is 5.90. The van der Waals surface area contributed by atoms with Crippen LogP contribution in [0.2, 0.25) is 0 Å². The van der Waals surface area contributed by atoms with Gasteiger partial charge in [-0.3, -0.25) is 0 Å². The molecule has 3 N–H and O–H groups in total. The fraction of sp³-hybridized carbons (Fsp3) is 0.0909. The molecule has 120 valence electrons. The molecule has 3 aromatic carbocycles. The maximum Gasteiger partial charge on any atom is 0.0344 e. The third-order valence-electron chi connectivity index (χ3n) is 4.30. The SMILES string of the molecule is C=C(c1ccccc1)c1cc(NC)ccc1-c1ccc(N)cc1C. The highest BCUT2D eigenvalue weighted by Gasteiger charge is 2.12. The van der Waals surface area contributed by atoms with Crippen LogP contribution in [0.25, 0.3) is 16.7 Å². The van der Waals surface area contributed by atoms with E-state index in [9.17, 15) is 0 Å². The molecule has 3 aromatic rings. The van der Waals surface area contributed by atoms with Gasteiger partial charge in [0.05, 0.1) is 0 Å². The van der Waals surface area contributed by atoms with Crippen LogP contribution in [0.15, 0.2) is 73.3 Å². The predicted molar refractivity (Wildman–Crippen MR) is 105 cm³/mol. The zero-order chi connectivity index (χ0) is 17.1. The minimum atomic E-state index is 0.784. The van der Waals surface area contributed by atoms with E-state index in [4.69, 9.17) is 5.73 Å². The van der Waals surface area contributed by atoms with Crippen molar-refractivity contribution in [2.24, 2.45) is 0 Å². The maximum absolute atomic E-state index is 5.91. The molecule has 24 heavy (non-hydrogen) atoms. The third-order valence-corrected chi connectivity index (χ3v) is 4.30. The lowest BCUT2D eigenvalue weighted by molar-refractivity contribution is 1.43. The van der Waals surface area contributed by atoms with E-state index in [1.807, 2.05) is 37.4 Å². The Kier molecular flexibility index (Phi) is 4.39. The van der Waals surface area contributed by atoms with Gasteiger partial charge in [0.15, 0.2) is 0 Å². The maximum atomic E-state index is 5.91. The molecule has 0 amide bonds. The zero-order valence-electron chi connectivity index (χ0n) is 14.1. The van der Waals surface area contributed by atoms with Gasteiger partial charge in [0.1, 0.15) is 0 Å². The summed E-state index contributed by atoms with van der Waals surface area (Å²) in [5, 5.41) is 3.21. The first-order valence-corrected chi connectivity index (χ1v) is 8.03. The Balaban J connectivity index is 2.18. The van der Waals surface area contributed by atoms with Gasteiger partial charge >= 0.3 is 0 Å². The molecule has 0 aromatic heterocycles. The molecule has 2 nitrogen and oxygen atoms in total. The van der Waals surface area contributed by atoms with Gasteiger partial charge in [-0.1, -0.05) is 49.0 Å². The first-order chi connectivity index (χ1) is 11.6. The molecule has 0 unspecified atom stereocenters. The Morgan fingerprint density at radius 3 is 2.29 bits per heavy atom. The van der Waals surface area contributed by atoms with Gasteiger partial charge in [-0.15, -0.1) is 0 Å². The van der Waals surface area contributed by atoms with E-state index in [-0.39, 0.29) is 0 Å². The van der Waals surface area contributed by atoms with E-state index in [0.717, 1.165) is 33.6 Å². The van der Waals surface area contributed by atoms with E-state index in [2.05, 4.69) is 55.2 Å². The average molecular weight is 314 g/mol. The smallest absolute Gasteiger partial charge is 0.0344 e. The van der Waals surface area contributed by atoms with Crippen LogP contribution in [0, 0.1) is 6.92 Å². The number of anilines is 2. The summed E-state index contributed by atoms with van der Waals surface area (Å²) >= 11 is 0. The Hall–Kier alpha value is -3.00. The summed E-state index contributed by atoms with van der Waals surface area (Å²) in [6, 6.07) is 22.7. The molecular weight excluding hydrogens is 292 g/mol. The molecule has 0 aliphatic rings. The van der Waals surface area contributed by atoms with Gasteiger partial charge in [-0.25, -0.2) is 0 Å². The first kappa shape index (κ1) is 15.9. The molecule has 0 saturated carbocycles. The van der Waals surface area contributed by atoms with Gasteiger partial charge in [0.25, 0.3) is 0 Å². The Morgan fingerprint density at radius 2 is 1.62 bits per heavy atom. The van der Waals surface area contributed by atoms with Gasteiger partial charge < -0.3 is 11.1 Å². The standard InChI is InChI=1S/C22H22N2/c1-15-13-18(23)9-11-20(15)21-12-10-19(24-3)14-22(21)16(2)17-7-5-4-6-8-17/h4-14,24H,2,23H2,1,3H3. The lowest BCUT2D eigenvalue weighted by atomic mass is 9.89. The molecule has 2 heteroatoms. The first-order valence-electron chi connectivity index (χ1n) is 8.03. The summed E-state index contributed by atoms with van der Waals surface area (Å²) in [7, 11) is 1.93. The molecule has 0 fully saturated rings. The topological polar surface area (TPSA) is 38.0 Å². The van der Waals surface area contributed by atoms with E-state index in [0.29, 0.717) is 0 Å². The number of rotatable bonds is 4. The molecule has 0 saturated heterocycles. The van der Waals surface area contributed by atoms with Crippen molar-refractivity contribution in [3.63, 3.8) is 0 Å². The summed E-state index contributed by atoms with van der Waals surface area (Å²) in [5.41, 5.74) is 14.5. The Labute approximate surface area is 143 Å². The molecule has 0 radical (unpaired) electrons. The summed E-state index contributed by atoms with van der Waals surface area (Å²) in [4.78, 5) is 0. The average Bonchev–Trinajstić information content (AvgIpc) is 2.61. The van der Waals surface area contributed by atoms with Crippen LogP contribution in [-0.4, -0.2) is 7.05 Å². The van der Waals surface area contributed by atoms with Crippen molar-refractivity contribution in [3.05, 3.63) is 90.0 Å². The number of nitrogens with one attached hydrogen (secondary N) is 1. The molecular formula is C22H22N2. The van der Waals surface area contributed by atoms with Gasteiger partial charge in [0, 0.05) is 18.4 Å². The van der Waals surface area contributed by atoms with Crippen LogP contribution in [0.4, 0.5) is 11.4 Å². The number of benzene rings is 3. The summed E-state index contributed by atoms with van der Waals surface area (Å²) < 4.78 is 0. The molecule has 0 heterocycles. The quantitative estimate of drug-likeness (QED) is 0.637. The van der Waals surface area contributed by atoms with Crippen molar-refractivity contribution >= 4 is 16.9 Å². The minimum absolute atomic E-state index is 0.784. The van der Waals surface area contributed by atoms with Crippen LogP contribution < -0.4 is 11.1 Å². The lowest BCUT2D eigenvalue weighted by Crippen LogP contribution is -1.96. The van der Waals surface area contributed by atoms with Crippen LogP contribution >= 0.6 is 0 Å². The highest BCUT2D eigenvalue weighted by atomic mass is 14.8. The van der Waals surface area contributed by atoms with E-state index in [1.54, 1.807) is 0 Å². The molecule has 0 bridgehead atoms. The summed E-state index contributed by atoms with van der Waals surface area (Å²) in [6.07, 6.45) is 0. The third kappa shape index (κ3) is 3.04. The summed E-state index contributed by atoms with van der Waals surface area (Å²) in [5.74, 6) is 0. The second-order valence-corrected chi connectivity index (χ2v) is 5.93. The predicted octanol–water partition coefficient (Wildman–Crippen LogP) is 5.35. The molecule has 0 spiro atoms. The van der Waals surface area contributed by atoms with Crippen LogP contribution in [0.3, 0.4) is 0 Å². The van der Waals surface area contributed by atoms with Crippen LogP contribution in [0.1, 0.15) is 16.7 Å². The van der Waals surface area contributed by atoms with Crippen molar-refractivity contribution in [2.75, 3.05) is 18.1 Å². The number of nitrogen functional groups attached to an aromatic ring is 1. The zero-order valence-corrected chi connectivity index (χ0v) is 14.1. The fourth-order valence-electron chi connectivity index (χ4n) is 2.97. The van der Waals surface area contributed by atoms with Gasteiger partial charge in [-0.2, -0.15) is 0 Å². The van der Waals surface area contributed by atoms with Crippen LogP contribution in [-0.2, 0) is 0 Å². The van der Waals surface area contributed by atoms with Crippen LogP contribution in [0.5, 0.6) is 0 Å². The van der Waals surface area contributed by atoms with Crippen molar-refractivity contribution in [1.82, 2.24) is 0 Å². The number of hydrogen-bond donors (Lipinski definition) is 2. The Bertz CT molecular complexity index is 880. The second-order valence-electron chi connectivity index (χ2n) is 5.93. The van der Waals surface area contributed by atoms with Crippen molar-refractivity contribution in [1.29, 1.82) is 0 Å². The number of aryl methyl sites for hydroxylation is 1. The highest BCUT2D eigenvalue weighted by Crippen LogP contribution is 2.35. The molecule has 0 aliphatic heterocycles. The van der Waals surface area contributed by atoms with Gasteiger partial charge in [-0.05, 0) is 64.6 Å². The monoisotopic (exact) mass is 314 g/mol. The fourth-order valence-corrected chi connectivity index (χ4v) is 2.97. The number of hydrogen-bond acceptors (Lipinski definition) is 2. The molecule has 0 aliphatic carbocycles. The Morgan fingerprint density at radius 1 is 0.917 bits per heavy atom. The van der Waals surface area contributed by atoms with E-state index >= 15 is 0 Å². The normalized spacial score (nSPS) is 10.4. The van der Waals surface area contributed by atoms with E-state index < -0.39 is 0 Å². The van der Waals surface area contributed by atoms with E-state index in [1.165, 1.54) is 11.1 Å². The van der Waals surface area contributed by atoms with Crippen molar-refractivity contribution in [3.8, 4) is 11.1 Å².